The third-order valence-corrected chi connectivity index (χ3v) is 3.50. The van der Waals surface area contributed by atoms with E-state index in [9.17, 15) is 10.1 Å². The molecule has 1 aliphatic rings. The number of hydrogen-bond donors (Lipinski definition) is 1. The smallest absolute Gasteiger partial charge is 0.288 e. The monoisotopic (exact) mass is 296 g/mol. The summed E-state index contributed by atoms with van der Waals surface area (Å²) < 4.78 is 5.68. The van der Waals surface area contributed by atoms with Gasteiger partial charge in [-0.05, 0) is 40.9 Å². The van der Waals surface area contributed by atoms with Gasteiger partial charge < -0.3 is 9.73 Å². The summed E-state index contributed by atoms with van der Waals surface area (Å²) in [5, 5.41) is 12.0. The van der Waals surface area contributed by atoms with Gasteiger partial charge in [-0.2, -0.15) is 5.26 Å². The van der Waals surface area contributed by atoms with Crippen LogP contribution in [-0.4, -0.2) is 11.4 Å². The summed E-state index contributed by atoms with van der Waals surface area (Å²) in [5.74, 6) is -0.0868. The molecule has 1 aliphatic carbocycles. The molecule has 17 heavy (non-hydrogen) atoms. The highest BCUT2D eigenvalue weighted by molar-refractivity contribution is 9.10. The fourth-order valence-corrected chi connectivity index (χ4v) is 2.44. The normalized spacial score (nSPS) is 18.4. The van der Waals surface area contributed by atoms with Crippen LogP contribution in [0.2, 0.25) is 0 Å². The van der Waals surface area contributed by atoms with Crippen molar-refractivity contribution in [2.75, 3.05) is 0 Å². The average Bonchev–Trinajstić information content (AvgIpc) is 2.77. The zero-order valence-corrected chi connectivity index (χ0v) is 10.9. The van der Waals surface area contributed by atoms with E-state index in [0.29, 0.717) is 4.67 Å². The third-order valence-electron chi connectivity index (χ3n) is 3.07. The molecule has 1 N–H and O–H groups in total. The molecule has 0 saturated heterocycles. The largest absolute Gasteiger partial charge is 0.444 e. The lowest BCUT2D eigenvalue weighted by Gasteiger charge is -2.31. The van der Waals surface area contributed by atoms with Crippen LogP contribution in [0.1, 0.15) is 42.7 Å². The van der Waals surface area contributed by atoms with Crippen molar-refractivity contribution < 1.29 is 9.21 Å². The minimum atomic E-state index is -0.714. The predicted octanol–water partition coefficient (Wildman–Crippen LogP) is 3.00. The van der Waals surface area contributed by atoms with E-state index in [0.717, 1.165) is 32.1 Å². The van der Waals surface area contributed by atoms with Gasteiger partial charge in [-0.25, -0.2) is 0 Å². The highest BCUT2D eigenvalue weighted by atomic mass is 79.9. The van der Waals surface area contributed by atoms with Crippen LogP contribution in [-0.2, 0) is 0 Å². The molecule has 1 heterocycles. The number of amides is 1. The van der Waals surface area contributed by atoms with Gasteiger partial charge in [0.15, 0.2) is 10.4 Å². The molecule has 1 amide bonds. The molecule has 0 atom stereocenters. The first-order valence-corrected chi connectivity index (χ1v) is 6.44. The Labute approximate surface area is 108 Å². The molecule has 90 valence electrons. The van der Waals surface area contributed by atoms with Gasteiger partial charge in [-0.1, -0.05) is 19.3 Å². The van der Waals surface area contributed by atoms with Gasteiger partial charge >= 0.3 is 0 Å². The van der Waals surface area contributed by atoms with Crippen molar-refractivity contribution in [3.05, 3.63) is 22.6 Å². The topological polar surface area (TPSA) is 66.0 Å². The SMILES string of the molecule is N#CC1(NC(=O)c2ccc(Br)o2)CCCCC1. The van der Waals surface area contributed by atoms with E-state index in [-0.39, 0.29) is 11.7 Å². The molecule has 0 unspecified atom stereocenters. The van der Waals surface area contributed by atoms with Crippen molar-refractivity contribution in [1.29, 1.82) is 5.26 Å². The summed E-state index contributed by atoms with van der Waals surface area (Å²) in [7, 11) is 0. The van der Waals surface area contributed by atoms with Crippen LogP contribution in [0, 0.1) is 11.3 Å². The van der Waals surface area contributed by atoms with E-state index in [1.165, 1.54) is 0 Å². The molecule has 5 heteroatoms. The summed E-state index contributed by atoms with van der Waals surface area (Å²) in [5.41, 5.74) is -0.714. The summed E-state index contributed by atoms with van der Waals surface area (Å²) in [6.45, 7) is 0. The molecule has 0 bridgehead atoms. The Bertz CT molecular complexity index is 455. The molecule has 0 radical (unpaired) electrons. The number of rotatable bonds is 2. The van der Waals surface area contributed by atoms with Crippen LogP contribution in [0.15, 0.2) is 21.2 Å². The summed E-state index contributed by atoms with van der Waals surface area (Å²) in [6.07, 6.45) is 4.53. The number of halogens is 1. The Morgan fingerprint density at radius 2 is 2.12 bits per heavy atom. The third kappa shape index (κ3) is 2.70. The first kappa shape index (κ1) is 12.2. The van der Waals surface area contributed by atoms with Gasteiger partial charge in [0.1, 0.15) is 5.54 Å². The number of carbonyl (C=O) groups excluding carboxylic acids is 1. The van der Waals surface area contributed by atoms with Crippen molar-refractivity contribution in [1.82, 2.24) is 5.32 Å². The number of nitrogens with one attached hydrogen (secondary N) is 1. The Hall–Kier alpha value is -1.28. The van der Waals surface area contributed by atoms with Crippen LogP contribution >= 0.6 is 15.9 Å². The maximum Gasteiger partial charge on any atom is 0.288 e. The summed E-state index contributed by atoms with van der Waals surface area (Å²) in [4.78, 5) is 11.9. The molecule has 1 aromatic heterocycles. The van der Waals surface area contributed by atoms with Crippen molar-refractivity contribution in [2.24, 2.45) is 0 Å². The van der Waals surface area contributed by atoms with Crippen LogP contribution in [0.3, 0.4) is 0 Å². The van der Waals surface area contributed by atoms with Crippen molar-refractivity contribution in [3.63, 3.8) is 0 Å². The van der Waals surface area contributed by atoms with E-state index in [4.69, 9.17) is 4.42 Å². The molecular formula is C12H13BrN2O2. The number of carbonyl (C=O) groups is 1. The van der Waals surface area contributed by atoms with Crippen molar-refractivity contribution in [2.45, 2.75) is 37.6 Å². The van der Waals surface area contributed by atoms with Gasteiger partial charge in [-0.3, -0.25) is 4.79 Å². The first-order chi connectivity index (χ1) is 8.15. The lowest BCUT2D eigenvalue weighted by molar-refractivity contribution is 0.0873. The van der Waals surface area contributed by atoms with Gasteiger partial charge in [0.2, 0.25) is 0 Å². The zero-order valence-electron chi connectivity index (χ0n) is 9.33. The molecule has 0 aromatic carbocycles. The zero-order chi connectivity index (χ0) is 12.3. The minimum Gasteiger partial charge on any atom is -0.444 e. The molecule has 0 aliphatic heterocycles. The fraction of sp³-hybridized carbons (Fsp3) is 0.500. The maximum absolute atomic E-state index is 11.9. The van der Waals surface area contributed by atoms with E-state index < -0.39 is 5.54 Å². The first-order valence-electron chi connectivity index (χ1n) is 5.64. The second-order valence-electron chi connectivity index (χ2n) is 4.31. The van der Waals surface area contributed by atoms with Crippen LogP contribution < -0.4 is 5.32 Å². The molecule has 1 saturated carbocycles. The minimum absolute atomic E-state index is 0.233. The number of nitriles is 1. The second kappa shape index (κ2) is 4.92. The van der Waals surface area contributed by atoms with Crippen LogP contribution in [0.25, 0.3) is 0 Å². The Kier molecular flexibility index (Phi) is 3.53. The highest BCUT2D eigenvalue weighted by Gasteiger charge is 2.34. The highest BCUT2D eigenvalue weighted by Crippen LogP contribution is 2.28. The Balaban J connectivity index is 2.09. The van der Waals surface area contributed by atoms with E-state index in [1.807, 2.05) is 0 Å². The fourth-order valence-electron chi connectivity index (χ4n) is 2.14. The summed E-state index contributed by atoms with van der Waals surface area (Å²) in [6, 6.07) is 5.49. The number of nitrogens with zero attached hydrogens (tertiary/aromatic N) is 1. The molecule has 2 rings (SSSR count). The van der Waals surface area contributed by atoms with E-state index in [1.54, 1.807) is 12.1 Å². The maximum atomic E-state index is 11.9. The average molecular weight is 297 g/mol. The molecule has 1 fully saturated rings. The van der Waals surface area contributed by atoms with Gasteiger partial charge in [0.05, 0.1) is 6.07 Å². The van der Waals surface area contributed by atoms with Gasteiger partial charge in [0.25, 0.3) is 5.91 Å². The van der Waals surface area contributed by atoms with Crippen LogP contribution in [0.5, 0.6) is 0 Å². The number of furan rings is 1. The molecule has 4 nitrogen and oxygen atoms in total. The lowest BCUT2D eigenvalue weighted by Crippen LogP contribution is -2.48. The van der Waals surface area contributed by atoms with Crippen molar-refractivity contribution >= 4 is 21.8 Å². The number of hydrogen-bond acceptors (Lipinski definition) is 3. The van der Waals surface area contributed by atoms with Gasteiger partial charge in [-0.15, -0.1) is 0 Å². The van der Waals surface area contributed by atoms with Gasteiger partial charge in [0, 0.05) is 0 Å². The molecule has 0 spiro atoms. The second-order valence-corrected chi connectivity index (χ2v) is 5.09. The Morgan fingerprint density at radius 3 is 2.65 bits per heavy atom. The quantitative estimate of drug-likeness (QED) is 0.912. The standard InChI is InChI=1S/C12H13BrN2O2/c13-10-5-4-9(17-10)11(16)15-12(8-14)6-2-1-3-7-12/h4-5H,1-3,6-7H2,(H,15,16). The lowest BCUT2D eigenvalue weighted by atomic mass is 9.83. The predicted molar refractivity (Wildman–Crippen MR) is 65.3 cm³/mol. The van der Waals surface area contributed by atoms with Crippen LogP contribution in [0.4, 0.5) is 0 Å². The summed E-state index contributed by atoms with van der Waals surface area (Å²) >= 11 is 3.14. The van der Waals surface area contributed by atoms with Crippen molar-refractivity contribution in [3.8, 4) is 6.07 Å². The van der Waals surface area contributed by atoms with E-state index >= 15 is 0 Å². The molecular weight excluding hydrogens is 284 g/mol. The Morgan fingerprint density at radius 1 is 1.41 bits per heavy atom. The van der Waals surface area contributed by atoms with E-state index in [2.05, 4.69) is 27.3 Å². The molecule has 1 aromatic rings.